The van der Waals surface area contributed by atoms with Gasteiger partial charge in [0.25, 0.3) is 0 Å². The van der Waals surface area contributed by atoms with E-state index in [4.69, 9.17) is 4.42 Å². The maximum atomic E-state index is 12.7. The quantitative estimate of drug-likeness (QED) is 0.916. The van der Waals surface area contributed by atoms with Crippen molar-refractivity contribution in [2.45, 2.75) is 38.3 Å². The van der Waals surface area contributed by atoms with Gasteiger partial charge in [0.1, 0.15) is 5.76 Å². The first-order valence-corrected chi connectivity index (χ1v) is 9.22. The van der Waals surface area contributed by atoms with E-state index in [1.807, 2.05) is 41.4 Å². The molecular formula is C17H24N4O2S. The first-order valence-electron chi connectivity index (χ1n) is 8.35. The number of hydrogen-bond acceptors (Lipinski definition) is 5. The molecule has 1 atom stereocenters. The minimum atomic E-state index is -0.0438. The number of furan rings is 1. The number of nitrogens with one attached hydrogen (secondary N) is 1. The summed E-state index contributed by atoms with van der Waals surface area (Å²) in [5.74, 6) is 0.871. The summed E-state index contributed by atoms with van der Waals surface area (Å²) in [7, 11) is 3.93. The van der Waals surface area contributed by atoms with Crippen LogP contribution in [0, 0.1) is 0 Å². The van der Waals surface area contributed by atoms with Gasteiger partial charge in [0.05, 0.1) is 24.5 Å². The number of anilines is 1. The SMILES string of the molecule is CN(C)c1nc(CNC(=O)N2CCCCC[C@@H]2c2ccco2)cs1. The number of amides is 2. The summed E-state index contributed by atoms with van der Waals surface area (Å²) < 4.78 is 5.56. The fraction of sp³-hybridized carbons (Fsp3) is 0.529. The van der Waals surface area contributed by atoms with Crippen molar-refractivity contribution in [2.75, 3.05) is 25.5 Å². The van der Waals surface area contributed by atoms with Crippen molar-refractivity contribution in [1.29, 1.82) is 0 Å². The van der Waals surface area contributed by atoms with Crippen LogP contribution in [0.2, 0.25) is 0 Å². The van der Waals surface area contributed by atoms with E-state index in [2.05, 4.69) is 10.3 Å². The van der Waals surface area contributed by atoms with Crippen molar-refractivity contribution in [3.63, 3.8) is 0 Å². The van der Waals surface area contributed by atoms with Gasteiger partial charge in [0.15, 0.2) is 5.13 Å². The first kappa shape index (κ1) is 16.8. The first-order chi connectivity index (χ1) is 11.6. The van der Waals surface area contributed by atoms with Gasteiger partial charge in [-0.05, 0) is 25.0 Å². The highest BCUT2D eigenvalue weighted by Gasteiger charge is 2.28. The fourth-order valence-electron chi connectivity index (χ4n) is 2.98. The molecule has 6 nitrogen and oxygen atoms in total. The van der Waals surface area contributed by atoms with Crippen LogP contribution in [0.4, 0.5) is 9.93 Å². The zero-order valence-corrected chi connectivity index (χ0v) is 15.0. The lowest BCUT2D eigenvalue weighted by Gasteiger charge is -2.28. The van der Waals surface area contributed by atoms with Crippen molar-refractivity contribution in [3.05, 3.63) is 35.2 Å². The Morgan fingerprint density at radius 3 is 3.04 bits per heavy atom. The molecule has 130 valence electrons. The van der Waals surface area contributed by atoms with E-state index in [1.165, 1.54) is 0 Å². The number of urea groups is 1. The van der Waals surface area contributed by atoms with E-state index >= 15 is 0 Å². The van der Waals surface area contributed by atoms with Crippen LogP contribution in [-0.2, 0) is 6.54 Å². The van der Waals surface area contributed by atoms with Crippen LogP contribution in [0.15, 0.2) is 28.2 Å². The number of carbonyl (C=O) groups excluding carboxylic acids is 1. The van der Waals surface area contributed by atoms with Crippen LogP contribution in [-0.4, -0.2) is 36.6 Å². The van der Waals surface area contributed by atoms with Gasteiger partial charge in [-0.25, -0.2) is 9.78 Å². The molecule has 24 heavy (non-hydrogen) atoms. The number of hydrogen-bond donors (Lipinski definition) is 1. The molecule has 3 heterocycles. The summed E-state index contributed by atoms with van der Waals surface area (Å²) in [5.41, 5.74) is 0.890. The average Bonchev–Trinajstić information content (AvgIpc) is 3.20. The van der Waals surface area contributed by atoms with E-state index < -0.39 is 0 Å². The van der Waals surface area contributed by atoms with E-state index in [9.17, 15) is 4.79 Å². The molecule has 0 unspecified atom stereocenters. The molecule has 1 fully saturated rings. The predicted molar refractivity (Wildman–Crippen MR) is 95.3 cm³/mol. The van der Waals surface area contributed by atoms with Crippen LogP contribution in [0.25, 0.3) is 0 Å². The number of rotatable bonds is 4. The number of likely N-dealkylation sites (tertiary alicyclic amines) is 1. The highest BCUT2D eigenvalue weighted by atomic mass is 32.1. The molecule has 2 aromatic rings. The van der Waals surface area contributed by atoms with Gasteiger partial charge < -0.3 is 19.5 Å². The smallest absolute Gasteiger partial charge is 0.318 e. The van der Waals surface area contributed by atoms with E-state index in [0.29, 0.717) is 6.54 Å². The summed E-state index contributed by atoms with van der Waals surface area (Å²) in [6, 6.07) is 3.82. The van der Waals surface area contributed by atoms with E-state index in [1.54, 1.807) is 17.6 Å². The third-order valence-electron chi connectivity index (χ3n) is 4.23. The van der Waals surface area contributed by atoms with Crippen molar-refractivity contribution in [1.82, 2.24) is 15.2 Å². The van der Waals surface area contributed by atoms with Crippen LogP contribution in [0.3, 0.4) is 0 Å². The normalized spacial score (nSPS) is 18.2. The number of nitrogens with zero attached hydrogens (tertiary/aromatic N) is 3. The molecule has 1 saturated heterocycles. The highest BCUT2D eigenvalue weighted by molar-refractivity contribution is 7.13. The molecule has 2 aromatic heterocycles. The molecule has 1 aliphatic heterocycles. The van der Waals surface area contributed by atoms with E-state index in [0.717, 1.165) is 48.8 Å². The molecule has 0 aliphatic carbocycles. The summed E-state index contributed by atoms with van der Waals surface area (Å²) in [4.78, 5) is 21.1. The summed E-state index contributed by atoms with van der Waals surface area (Å²) in [5, 5.41) is 5.95. The van der Waals surface area contributed by atoms with Gasteiger partial charge >= 0.3 is 6.03 Å². The fourth-order valence-corrected chi connectivity index (χ4v) is 3.74. The van der Waals surface area contributed by atoms with Crippen LogP contribution >= 0.6 is 11.3 Å². The zero-order valence-electron chi connectivity index (χ0n) is 14.2. The minimum absolute atomic E-state index is 0.0234. The molecule has 2 amide bonds. The van der Waals surface area contributed by atoms with Gasteiger partial charge in [-0.3, -0.25) is 0 Å². The largest absolute Gasteiger partial charge is 0.467 e. The number of thiazole rings is 1. The Bertz CT molecular complexity index is 653. The Labute approximate surface area is 146 Å². The Balaban J connectivity index is 1.64. The van der Waals surface area contributed by atoms with Gasteiger partial charge in [-0.1, -0.05) is 12.8 Å². The minimum Gasteiger partial charge on any atom is -0.467 e. The Hall–Kier alpha value is -2.02. The second-order valence-corrected chi connectivity index (χ2v) is 7.09. The molecule has 1 N–H and O–H groups in total. The summed E-state index contributed by atoms with van der Waals surface area (Å²) in [6.07, 6.45) is 5.93. The molecule has 3 rings (SSSR count). The Morgan fingerprint density at radius 1 is 1.46 bits per heavy atom. The molecule has 0 spiro atoms. The average molecular weight is 348 g/mol. The second-order valence-electron chi connectivity index (χ2n) is 6.25. The van der Waals surface area contributed by atoms with Crippen LogP contribution in [0.5, 0.6) is 0 Å². The molecule has 0 radical (unpaired) electrons. The van der Waals surface area contributed by atoms with Crippen molar-refractivity contribution >= 4 is 22.5 Å². The molecule has 0 bridgehead atoms. The standard InChI is InChI=1S/C17H24N4O2S/c1-20(2)17-19-13(12-24-17)11-18-16(22)21-9-5-3-4-7-14(21)15-8-6-10-23-15/h6,8,10,12,14H,3-5,7,9,11H2,1-2H3,(H,18,22)/t14-/m1/s1. The third-order valence-corrected chi connectivity index (χ3v) is 5.29. The van der Waals surface area contributed by atoms with Gasteiger partial charge in [-0.15, -0.1) is 11.3 Å². The molecule has 1 aliphatic rings. The third kappa shape index (κ3) is 3.90. The molecule has 7 heteroatoms. The lowest BCUT2D eigenvalue weighted by atomic mass is 10.1. The van der Waals surface area contributed by atoms with Crippen molar-refractivity contribution in [2.24, 2.45) is 0 Å². The Morgan fingerprint density at radius 2 is 2.33 bits per heavy atom. The molecule has 0 saturated carbocycles. The highest BCUT2D eigenvalue weighted by Crippen LogP contribution is 2.30. The zero-order chi connectivity index (χ0) is 16.9. The van der Waals surface area contributed by atoms with Crippen LogP contribution < -0.4 is 10.2 Å². The lowest BCUT2D eigenvalue weighted by molar-refractivity contribution is 0.166. The van der Waals surface area contributed by atoms with Crippen LogP contribution in [0.1, 0.15) is 43.2 Å². The van der Waals surface area contributed by atoms with Gasteiger partial charge in [0, 0.05) is 26.0 Å². The van der Waals surface area contributed by atoms with Gasteiger partial charge in [0.2, 0.25) is 0 Å². The predicted octanol–water partition coefficient (Wildman–Crippen LogP) is 3.63. The maximum absolute atomic E-state index is 12.7. The second kappa shape index (κ2) is 7.70. The van der Waals surface area contributed by atoms with E-state index in [-0.39, 0.29) is 12.1 Å². The Kier molecular flexibility index (Phi) is 5.40. The lowest BCUT2D eigenvalue weighted by Crippen LogP contribution is -2.41. The topological polar surface area (TPSA) is 61.6 Å². The van der Waals surface area contributed by atoms with Crippen molar-refractivity contribution < 1.29 is 9.21 Å². The number of carbonyl (C=O) groups is 1. The monoisotopic (exact) mass is 348 g/mol. The summed E-state index contributed by atoms with van der Waals surface area (Å²) >= 11 is 1.58. The number of aromatic nitrogens is 1. The molecule has 0 aromatic carbocycles. The summed E-state index contributed by atoms with van der Waals surface area (Å²) in [6.45, 7) is 1.21. The van der Waals surface area contributed by atoms with Crippen molar-refractivity contribution in [3.8, 4) is 0 Å². The maximum Gasteiger partial charge on any atom is 0.318 e. The molecular weight excluding hydrogens is 324 g/mol. The van der Waals surface area contributed by atoms with Gasteiger partial charge in [-0.2, -0.15) is 0 Å².